The van der Waals surface area contributed by atoms with E-state index in [-0.39, 0.29) is 5.97 Å². The van der Waals surface area contributed by atoms with Crippen molar-refractivity contribution in [1.82, 2.24) is 0 Å². The van der Waals surface area contributed by atoms with E-state index < -0.39 is 8.07 Å². The molecular formula is C10H20O2Si. The third-order valence-corrected chi connectivity index (χ3v) is 4.75. The van der Waals surface area contributed by atoms with Crippen LogP contribution in [0.5, 0.6) is 0 Å². The summed E-state index contributed by atoms with van der Waals surface area (Å²) in [5.41, 5.74) is 0.326. The maximum Gasteiger partial charge on any atom is 0.306 e. The molecule has 0 amide bonds. The van der Waals surface area contributed by atoms with Crippen molar-refractivity contribution in [3.8, 4) is 0 Å². The highest BCUT2D eigenvalue weighted by atomic mass is 28.3. The van der Waals surface area contributed by atoms with Gasteiger partial charge in [0.1, 0.15) is 0 Å². The molecule has 0 rings (SSSR count). The lowest BCUT2D eigenvalue weighted by molar-refractivity contribution is -0.143. The van der Waals surface area contributed by atoms with Gasteiger partial charge in [-0.2, -0.15) is 0 Å². The summed E-state index contributed by atoms with van der Waals surface area (Å²) in [6, 6.07) is 0. The number of esters is 1. The molecule has 0 radical (unpaired) electrons. The quantitative estimate of drug-likeness (QED) is 0.387. The van der Waals surface area contributed by atoms with Crippen LogP contribution in [-0.2, 0) is 9.53 Å². The summed E-state index contributed by atoms with van der Waals surface area (Å²) in [6.07, 6.45) is 2.39. The second-order valence-electron chi connectivity index (χ2n) is 4.22. The summed E-state index contributed by atoms with van der Waals surface area (Å²) in [6.45, 7) is 12.8. The van der Waals surface area contributed by atoms with Crippen molar-refractivity contribution in [2.45, 2.75) is 38.5 Å². The van der Waals surface area contributed by atoms with Gasteiger partial charge in [-0.25, -0.2) is 0 Å². The molecule has 2 nitrogen and oxygen atoms in total. The van der Waals surface area contributed by atoms with Gasteiger partial charge in [-0.1, -0.05) is 25.7 Å². The monoisotopic (exact) mass is 200 g/mol. The lowest BCUT2D eigenvalue weighted by atomic mass is 10.3. The maximum atomic E-state index is 11.2. The second kappa shape index (κ2) is 5.22. The van der Waals surface area contributed by atoms with Gasteiger partial charge in [-0.15, -0.1) is 6.58 Å². The molecule has 1 atom stereocenters. The first-order valence-corrected chi connectivity index (χ1v) is 8.27. The van der Waals surface area contributed by atoms with Crippen molar-refractivity contribution < 1.29 is 9.53 Å². The van der Waals surface area contributed by atoms with Crippen LogP contribution in [0.15, 0.2) is 12.7 Å². The topological polar surface area (TPSA) is 26.3 Å². The molecule has 76 valence electrons. The van der Waals surface area contributed by atoms with Gasteiger partial charge in [0.25, 0.3) is 0 Å². The maximum absolute atomic E-state index is 11.2. The summed E-state index contributed by atoms with van der Waals surface area (Å²) < 4.78 is 4.90. The number of hydrogen-bond acceptors (Lipinski definition) is 2. The highest BCUT2D eigenvalue weighted by Crippen LogP contribution is 2.26. The number of ether oxygens (including phenoxy) is 1. The molecule has 0 heterocycles. The van der Waals surface area contributed by atoms with Crippen molar-refractivity contribution in [1.29, 1.82) is 0 Å². The van der Waals surface area contributed by atoms with Gasteiger partial charge in [0.15, 0.2) is 0 Å². The number of carbonyl (C=O) groups is 1. The van der Waals surface area contributed by atoms with E-state index in [0.29, 0.717) is 18.6 Å². The molecule has 0 spiro atoms. The van der Waals surface area contributed by atoms with Crippen LogP contribution in [0.25, 0.3) is 0 Å². The predicted molar refractivity (Wildman–Crippen MR) is 58.5 cm³/mol. The van der Waals surface area contributed by atoms with Gasteiger partial charge < -0.3 is 4.74 Å². The van der Waals surface area contributed by atoms with Gasteiger partial charge in [-0.05, 0) is 12.5 Å². The van der Waals surface area contributed by atoms with Crippen molar-refractivity contribution in [3.05, 3.63) is 12.7 Å². The molecule has 0 aromatic rings. The Balaban J connectivity index is 4.14. The smallest absolute Gasteiger partial charge is 0.306 e. The van der Waals surface area contributed by atoms with Crippen LogP contribution in [0.4, 0.5) is 0 Å². The fourth-order valence-electron chi connectivity index (χ4n) is 1.14. The van der Waals surface area contributed by atoms with E-state index in [1.165, 1.54) is 0 Å². The second-order valence-corrected chi connectivity index (χ2v) is 9.69. The molecule has 1 unspecified atom stereocenters. The summed E-state index contributed by atoms with van der Waals surface area (Å²) in [7, 11) is -1.30. The van der Waals surface area contributed by atoms with E-state index >= 15 is 0 Å². The molecule has 0 saturated heterocycles. The SMILES string of the molecule is C=CC(CC(=O)OCC)[Si](C)(C)C. The Hall–Kier alpha value is -0.573. The van der Waals surface area contributed by atoms with E-state index in [2.05, 4.69) is 26.2 Å². The first-order chi connectivity index (χ1) is 5.91. The van der Waals surface area contributed by atoms with E-state index in [4.69, 9.17) is 4.74 Å². The fraction of sp³-hybridized carbons (Fsp3) is 0.700. The molecule has 3 heteroatoms. The molecule has 0 aliphatic heterocycles. The first kappa shape index (κ1) is 12.4. The molecule has 0 fully saturated rings. The zero-order chi connectivity index (χ0) is 10.5. The number of rotatable bonds is 5. The number of carbonyl (C=O) groups excluding carboxylic acids is 1. The number of allylic oxidation sites excluding steroid dienone is 1. The number of hydrogen-bond donors (Lipinski definition) is 0. The summed E-state index contributed by atoms with van der Waals surface area (Å²) in [5, 5.41) is 0. The van der Waals surface area contributed by atoms with Crippen LogP contribution in [0.3, 0.4) is 0 Å². The molecule has 0 aliphatic carbocycles. The minimum Gasteiger partial charge on any atom is -0.466 e. The Morgan fingerprint density at radius 3 is 2.38 bits per heavy atom. The van der Waals surface area contributed by atoms with Crippen LogP contribution in [-0.4, -0.2) is 20.7 Å². The van der Waals surface area contributed by atoms with Crippen molar-refractivity contribution in [3.63, 3.8) is 0 Å². The van der Waals surface area contributed by atoms with E-state index in [9.17, 15) is 4.79 Å². The van der Waals surface area contributed by atoms with Gasteiger partial charge in [-0.3, -0.25) is 4.79 Å². The summed E-state index contributed by atoms with van der Waals surface area (Å²) >= 11 is 0. The fourth-order valence-corrected chi connectivity index (χ4v) is 2.63. The van der Waals surface area contributed by atoms with Crippen LogP contribution in [0, 0.1) is 0 Å². The molecule has 0 bridgehead atoms. The molecule has 13 heavy (non-hydrogen) atoms. The molecule has 0 aliphatic rings. The minimum atomic E-state index is -1.30. The van der Waals surface area contributed by atoms with Gasteiger partial charge in [0.05, 0.1) is 14.7 Å². The van der Waals surface area contributed by atoms with Crippen LogP contribution in [0.2, 0.25) is 25.2 Å². The third kappa shape index (κ3) is 4.88. The third-order valence-electron chi connectivity index (χ3n) is 2.09. The standard InChI is InChI=1S/C10H20O2Si/c1-6-9(13(3,4)5)8-10(11)12-7-2/h6,9H,1,7-8H2,2-5H3. The molecular weight excluding hydrogens is 180 g/mol. The molecule has 0 N–H and O–H groups in total. The molecule has 0 saturated carbocycles. The van der Waals surface area contributed by atoms with Crippen LogP contribution in [0.1, 0.15) is 13.3 Å². The van der Waals surface area contributed by atoms with Crippen molar-refractivity contribution in [2.75, 3.05) is 6.61 Å². The Morgan fingerprint density at radius 1 is 1.54 bits per heavy atom. The Kier molecular flexibility index (Phi) is 4.99. The van der Waals surface area contributed by atoms with Crippen molar-refractivity contribution in [2.24, 2.45) is 0 Å². The zero-order valence-electron chi connectivity index (χ0n) is 9.09. The van der Waals surface area contributed by atoms with Crippen molar-refractivity contribution >= 4 is 14.0 Å². The van der Waals surface area contributed by atoms with Gasteiger partial charge in [0, 0.05) is 6.42 Å². The average Bonchev–Trinajstić information content (AvgIpc) is 1.98. The molecule has 0 aromatic heterocycles. The predicted octanol–water partition coefficient (Wildman–Crippen LogP) is 2.83. The van der Waals surface area contributed by atoms with Gasteiger partial charge in [0.2, 0.25) is 0 Å². The Labute approximate surface area is 82.0 Å². The van der Waals surface area contributed by atoms with Crippen LogP contribution >= 0.6 is 0 Å². The van der Waals surface area contributed by atoms with Crippen LogP contribution < -0.4 is 0 Å². The van der Waals surface area contributed by atoms with E-state index in [1.54, 1.807) is 0 Å². The zero-order valence-corrected chi connectivity index (χ0v) is 10.1. The lowest BCUT2D eigenvalue weighted by Gasteiger charge is -2.24. The highest BCUT2D eigenvalue weighted by Gasteiger charge is 2.26. The normalized spacial score (nSPS) is 13.5. The summed E-state index contributed by atoms with van der Waals surface area (Å²) in [5.74, 6) is -0.102. The summed E-state index contributed by atoms with van der Waals surface area (Å²) in [4.78, 5) is 11.2. The molecule has 0 aromatic carbocycles. The Morgan fingerprint density at radius 2 is 2.08 bits per heavy atom. The highest BCUT2D eigenvalue weighted by molar-refractivity contribution is 6.78. The van der Waals surface area contributed by atoms with Gasteiger partial charge >= 0.3 is 5.97 Å². The van der Waals surface area contributed by atoms with E-state index in [1.807, 2.05) is 13.0 Å². The largest absolute Gasteiger partial charge is 0.466 e. The lowest BCUT2D eigenvalue weighted by Crippen LogP contribution is -2.29. The average molecular weight is 200 g/mol. The van der Waals surface area contributed by atoms with E-state index in [0.717, 1.165) is 0 Å². The minimum absolute atomic E-state index is 0.102. The first-order valence-electron chi connectivity index (χ1n) is 4.70. The Bertz CT molecular complexity index is 182.